The molecule has 0 unspecified atom stereocenters. The van der Waals surface area contributed by atoms with Crippen LogP contribution in [-0.4, -0.2) is 77.5 Å². The van der Waals surface area contributed by atoms with Crippen molar-refractivity contribution in [3.63, 3.8) is 0 Å². The lowest BCUT2D eigenvalue weighted by Crippen LogP contribution is -2.58. The van der Waals surface area contributed by atoms with Crippen LogP contribution in [0.4, 0.5) is 4.79 Å². The van der Waals surface area contributed by atoms with Gasteiger partial charge >= 0.3 is 12.0 Å². The minimum atomic E-state index is -1.43. The second kappa shape index (κ2) is 14.4. The summed E-state index contributed by atoms with van der Waals surface area (Å²) >= 11 is 0. The molecule has 12 heteroatoms. The van der Waals surface area contributed by atoms with Crippen molar-refractivity contribution in [3.8, 4) is 0 Å². The molecule has 5 amide bonds. The number of nitrogens with one attached hydrogen (secondary N) is 3. The molecule has 0 aromatic carbocycles. The van der Waals surface area contributed by atoms with Gasteiger partial charge in [0.2, 0.25) is 11.8 Å². The summed E-state index contributed by atoms with van der Waals surface area (Å²) in [4.78, 5) is 62.9. The maximum Gasteiger partial charge on any atom is 0.324 e. The van der Waals surface area contributed by atoms with Gasteiger partial charge in [0.05, 0.1) is 12.5 Å². The quantitative estimate of drug-likeness (QED) is 0.200. The van der Waals surface area contributed by atoms with E-state index in [0.717, 1.165) is 19.3 Å². The van der Waals surface area contributed by atoms with Gasteiger partial charge in [-0.25, -0.2) is 4.79 Å². The van der Waals surface area contributed by atoms with Gasteiger partial charge in [-0.1, -0.05) is 20.3 Å². The number of carboxylic acids is 1. The highest BCUT2D eigenvalue weighted by Gasteiger charge is 2.32. The zero-order valence-corrected chi connectivity index (χ0v) is 19.5. The highest BCUT2D eigenvalue weighted by atomic mass is 16.4. The maximum atomic E-state index is 12.8. The summed E-state index contributed by atoms with van der Waals surface area (Å²) < 4.78 is 0. The van der Waals surface area contributed by atoms with Crippen molar-refractivity contribution in [2.24, 2.45) is 17.4 Å². The van der Waals surface area contributed by atoms with Crippen LogP contribution in [0, 0.1) is 5.92 Å². The summed E-state index contributed by atoms with van der Waals surface area (Å²) in [6.07, 6.45) is 3.68. The van der Waals surface area contributed by atoms with Crippen molar-refractivity contribution < 1.29 is 29.1 Å². The van der Waals surface area contributed by atoms with E-state index in [9.17, 15) is 24.0 Å². The molecule has 0 aromatic rings. The van der Waals surface area contributed by atoms with Gasteiger partial charge in [0.15, 0.2) is 0 Å². The van der Waals surface area contributed by atoms with Gasteiger partial charge in [-0.15, -0.1) is 0 Å². The topological polar surface area (TPSA) is 197 Å². The molecule has 0 radical (unpaired) electrons. The van der Waals surface area contributed by atoms with E-state index in [1.54, 1.807) is 18.7 Å². The van der Waals surface area contributed by atoms with Gasteiger partial charge in [-0.2, -0.15) is 0 Å². The fraction of sp³-hybridized carbons (Fsp3) is 0.762. The van der Waals surface area contributed by atoms with Crippen molar-refractivity contribution in [1.29, 1.82) is 0 Å². The van der Waals surface area contributed by atoms with Crippen LogP contribution < -0.4 is 27.4 Å². The number of piperidine rings is 1. The lowest BCUT2D eigenvalue weighted by molar-refractivity contribution is -0.141. The molecule has 1 fully saturated rings. The van der Waals surface area contributed by atoms with Crippen molar-refractivity contribution >= 4 is 29.7 Å². The summed E-state index contributed by atoms with van der Waals surface area (Å²) in [5, 5.41) is 16.3. The molecule has 3 atom stereocenters. The summed E-state index contributed by atoms with van der Waals surface area (Å²) in [6, 6.07) is -3.98. The van der Waals surface area contributed by atoms with Gasteiger partial charge < -0.3 is 32.1 Å². The number of nitrogens with two attached hydrogens (primary N) is 2. The van der Waals surface area contributed by atoms with E-state index in [-0.39, 0.29) is 0 Å². The Morgan fingerprint density at radius 1 is 0.939 bits per heavy atom. The van der Waals surface area contributed by atoms with Gasteiger partial charge in [0.25, 0.3) is 5.91 Å². The Kier molecular flexibility index (Phi) is 12.4. The summed E-state index contributed by atoms with van der Waals surface area (Å²) in [5.41, 5.74) is 11.2. The van der Waals surface area contributed by atoms with Crippen molar-refractivity contribution in [2.75, 3.05) is 19.6 Å². The molecule has 1 aliphatic rings. The largest absolute Gasteiger partial charge is 0.481 e. The molecule has 33 heavy (non-hydrogen) atoms. The predicted molar refractivity (Wildman–Crippen MR) is 121 cm³/mol. The first kappa shape index (κ1) is 28.3. The average molecular weight is 471 g/mol. The minimum Gasteiger partial charge on any atom is -0.481 e. The second-order valence-electron chi connectivity index (χ2n) is 8.62. The molecule has 0 spiro atoms. The third-order valence-electron chi connectivity index (χ3n) is 5.44. The van der Waals surface area contributed by atoms with Gasteiger partial charge in [-0.3, -0.25) is 24.5 Å². The number of likely N-dealkylation sites (tertiary alicyclic amines) is 1. The molecule has 0 bridgehead atoms. The Morgan fingerprint density at radius 3 is 2.12 bits per heavy atom. The van der Waals surface area contributed by atoms with Crippen LogP contribution in [-0.2, 0) is 19.2 Å². The number of imide groups is 1. The van der Waals surface area contributed by atoms with Crippen molar-refractivity contribution in [3.05, 3.63) is 0 Å². The van der Waals surface area contributed by atoms with Crippen LogP contribution in [0.25, 0.3) is 0 Å². The summed E-state index contributed by atoms with van der Waals surface area (Å²) in [7, 11) is 0. The molecule has 1 aliphatic heterocycles. The van der Waals surface area contributed by atoms with E-state index in [2.05, 4.69) is 16.0 Å². The Hall–Kier alpha value is -2.73. The zero-order chi connectivity index (χ0) is 25.0. The third-order valence-corrected chi connectivity index (χ3v) is 5.44. The number of unbranched alkanes of at least 4 members (excludes halogenated alkanes) is 1. The molecule has 8 N–H and O–H groups in total. The fourth-order valence-electron chi connectivity index (χ4n) is 3.45. The smallest absolute Gasteiger partial charge is 0.324 e. The third kappa shape index (κ3) is 10.2. The lowest BCUT2D eigenvalue weighted by Gasteiger charge is -2.29. The molecule has 0 aliphatic carbocycles. The Balaban J connectivity index is 2.79. The van der Waals surface area contributed by atoms with Crippen LogP contribution in [0.3, 0.4) is 0 Å². The van der Waals surface area contributed by atoms with Gasteiger partial charge in [0, 0.05) is 13.1 Å². The first-order valence-corrected chi connectivity index (χ1v) is 11.4. The number of carboxylic acid groups (broad SMARTS) is 1. The van der Waals surface area contributed by atoms with Crippen LogP contribution in [0.1, 0.15) is 58.8 Å². The number of nitrogens with zero attached hydrogens (tertiary/aromatic N) is 1. The second-order valence-corrected chi connectivity index (χ2v) is 8.62. The molecular weight excluding hydrogens is 432 g/mol. The van der Waals surface area contributed by atoms with Gasteiger partial charge in [-0.05, 0) is 44.6 Å². The van der Waals surface area contributed by atoms with Gasteiger partial charge in [0.1, 0.15) is 12.1 Å². The van der Waals surface area contributed by atoms with Crippen LogP contribution in [0.15, 0.2) is 0 Å². The molecule has 0 saturated carbocycles. The van der Waals surface area contributed by atoms with E-state index < -0.39 is 60.2 Å². The molecule has 0 aromatic heterocycles. The van der Waals surface area contributed by atoms with Crippen LogP contribution in [0.2, 0.25) is 0 Å². The number of rotatable bonds is 12. The van der Waals surface area contributed by atoms with E-state index in [0.29, 0.717) is 38.9 Å². The average Bonchev–Trinajstić information content (AvgIpc) is 2.76. The highest BCUT2D eigenvalue weighted by Crippen LogP contribution is 2.10. The molecule has 1 heterocycles. The maximum absolute atomic E-state index is 12.8. The summed E-state index contributed by atoms with van der Waals surface area (Å²) in [6.45, 7) is 4.91. The number of amides is 5. The molecule has 1 rings (SSSR count). The normalized spacial score (nSPS) is 16.5. The number of hydrogen-bond acceptors (Lipinski definition) is 7. The highest BCUT2D eigenvalue weighted by molar-refractivity contribution is 6.00. The molecule has 12 nitrogen and oxygen atoms in total. The zero-order valence-electron chi connectivity index (χ0n) is 19.5. The molecule has 1 saturated heterocycles. The van der Waals surface area contributed by atoms with Crippen LogP contribution >= 0.6 is 0 Å². The van der Waals surface area contributed by atoms with E-state index >= 15 is 0 Å². The number of hydrogen-bond donors (Lipinski definition) is 6. The van der Waals surface area contributed by atoms with Crippen molar-refractivity contribution in [2.45, 2.75) is 76.9 Å². The first-order chi connectivity index (χ1) is 15.6. The minimum absolute atomic E-state index is 0.333. The standard InChI is InChI=1S/C21H38N6O6/c1-13(2)17(20(32)26-21(33)27-10-6-3-7-11-27)25-19(31)15(12-16(28)29)24-18(30)14(23)8-4-5-9-22/h13-15,17H,3-12,22-23H2,1-2H3,(H,24,30)(H,25,31)(H,28,29)(H,26,32,33)/t14-,15-,17-/m0/s1. The molecular formula is C21H38N6O6. The van der Waals surface area contributed by atoms with Crippen molar-refractivity contribution in [1.82, 2.24) is 20.9 Å². The number of aliphatic carboxylic acids is 1. The van der Waals surface area contributed by atoms with E-state index in [4.69, 9.17) is 16.6 Å². The van der Waals surface area contributed by atoms with Crippen LogP contribution in [0.5, 0.6) is 0 Å². The predicted octanol–water partition coefficient (Wildman–Crippen LogP) is -0.735. The first-order valence-electron chi connectivity index (χ1n) is 11.4. The number of carbonyl (C=O) groups is 5. The SMILES string of the molecule is CC(C)[C@H](NC(=O)[C@H](CC(=O)O)NC(=O)[C@@H](N)CCCCN)C(=O)NC(=O)N1CCCCC1. The lowest BCUT2D eigenvalue weighted by atomic mass is 10.0. The number of urea groups is 1. The Bertz CT molecular complexity index is 695. The van der Waals surface area contributed by atoms with E-state index in [1.807, 2.05) is 0 Å². The van der Waals surface area contributed by atoms with E-state index in [1.165, 1.54) is 0 Å². The summed E-state index contributed by atoms with van der Waals surface area (Å²) in [5.74, 6) is -3.92. The molecule has 188 valence electrons. The Labute approximate surface area is 194 Å². The Morgan fingerprint density at radius 2 is 1.58 bits per heavy atom. The fourth-order valence-corrected chi connectivity index (χ4v) is 3.45. The number of carbonyl (C=O) groups excluding carboxylic acids is 4. The monoisotopic (exact) mass is 470 g/mol.